The summed E-state index contributed by atoms with van der Waals surface area (Å²) in [5.74, 6) is 0.131. The fourth-order valence-electron chi connectivity index (χ4n) is 5.02. The zero-order chi connectivity index (χ0) is 24.3. The molecule has 7 nitrogen and oxygen atoms in total. The Morgan fingerprint density at radius 3 is 2.53 bits per heavy atom. The van der Waals surface area contributed by atoms with E-state index in [1.807, 2.05) is 24.3 Å². The summed E-state index contributed by atoms with van der Waals surface area (Å²) in [5.41, 5.74) is 1.98. The monoisotopic (exact) mass is 485 g/mol. The standard InChI is InChI=1S/C26H35N3O4S/c1-27(21-10-5-4-6-11-21)17-18-28(2)26(30)23-19-22(13-14-25(23)33-3)34(31,32)29-16-15-20-9-7-8-12-24(20)29/h7-9,12-14,19,21H,4-6,10-11,15-18H2,1-3H3. The van der Waals surface area contributed by atoms with Crippen LogP contribution in [0.15, 0.2) is 47.4 Å². The molecule has 2 aromatic rings. The molecule has 0 radical (unpaired) electrons. The topological polar surface area (TPSA) is 70.2 Å². The van der Waals surface area contributed by atoms with Gasteiger partial charge in [-0.2, -0.15) is 0 Å². The van der Waals surface area contributed by atoms with Gasteiger partial charge in [-0.25, -0.2) is 8.42 Å². The average Bonchev–Trinajstić information content (AvgIpc) is 3.32. The third kappa shape index (κ3) is 4.93. The maximum Gasteiger partial charge on any atom is 0.264 e. The summed E-state index contributed by atoms with van der Waals surface area (Å²) in [6.45, 7) is 1.73. The van der Waals surface area contributed by atoms with Crippen LogP contribution in [0.5, 0.6) is 5.75 Å². The van der Waals surface area contributed by atoms with Crippen molar-refractivity contribution in [1.29, 1.82) is 0 Å². The predicted octanol–water partition coefficient (Wildman–Crippen LogP) is 3.78. The van der Waals surface area contributed by atoms with E-state index in [4.69, 9.17) is 4.74 Å². The Balaban J connectivity index is 1.52. The van der Waals surface area contributed by atoms with E-state index in [9.17, 15) is 13.2 Å². The number of hydrogen-bond donors (Lipinski definition) is 0. The second kappa shape index (κ2) is 10.4. The van der Waals surface area contributed by atoms with E-state index < -0.39 is 10.0 Å². The Kier molecular flexibility index (Phi) is 7.48. The summed E-state index contributed by atoms with van der Waals surface area (Å²) in [7, 11) is 1.57. The highest BCUT2D eigenvalue weighted by Crippen LogP contribution is 2.34. The van der Waals surface area contributed by atoms with Crippen LogP contribution in [0.3, 0.4) is 0 Å². The molecule has 1 aliphatic carbocycles. The Labute approximate surface area is 203 Å². The van der Waals surface area contributed by atoms with Crippen molar-refractivity contribution in [3.05, 3.63) is 53.6 Å². The number of para-hydroxylation sites is 1. The molecule has 0 spiro atoms. The van der Waals surface area contributed by atoms with Gasteiger partial charge >= 0.3 is 0 Å². The number of sulfonamides is 1. The number of carbonyl (C=O) groups is 1. The van der Waals surface area contributed by atoms with E-state index in [0.717, 1.165) is 12.1 Å². The number of fused-ring (bicyclic) bond motifs is 1. The van der Waals surface area contributed by atoms with Crippen molar-refractivity contribution in [3.63, 3.8) is 0 Å². The first kappa shape index (κ1) is 24.5. The summed E-state index contributed by atoms with van der Waals surface area (Å²) >= 11 is 0. The van der Waals surface area contributed by atoms with Gasteiger partial charge in [-0.05, 0) is 56.1 Å². The largest absolute Gasteiger partial charge is 0.496 e. The predicted molar refractivity (Wildman–Crippen MR) is 134 cm³/mol. The van der Waals surface area contributed by atoms with E-state index in [2.05, 4.69) is 11.9 Å². The molecule has 184 valence electrons. The molecule has 0 aromatic heterocycles. The van der Waals surface area contributed by atoms with Crippen LogP contribution in [0.2, 0.25) is 0 Å². The molecule has 1 heterocycles. The van der Waals surface area contributed by atoms with E-state index in [-0.39, 0.29) is 16.4 Å². The van der Waals surface area contributed by atoms with Crippen molar-refractivity contribution >= 4 is 21.6 Å². The summed E-state index contributed by atoms with van der Waals surface area (Å²) in [6, 6.07) is 12.7. The lowest BCUT2D eigenvalue weighted by Gasteiger charge is -2.32. The van der Waals surface area contributed by atoms with Crippen LogP contribution in [-0.4, -0.2) is 71.0 Å². The highest BCUT2D eigenvalue weighted by Gasteiger charge is 2.32. The molecule has 1 saturated carbocycles. The zero-order valence-electron chi connectivity index (χ0n) is 20.4. The van der Waals surface area contributed by atoms with Crippen molar-refractivity contribution in [2.75, 3.05) is 45.1 Å². The molecule has 4 rings (SSSR count). The minimum absolute atomic E-state index is 0.0982. The minimum atomic E-state index is -3.80. The van der Waals surface area contributed by atoms with Gasteiger partial charge in [0.05, 0.1) is 23.3 Å². The highest BCUT2D eigenvalue weighted by molar-refractivity contribution is 7.92. The van der Waals surface area contributed by atoms with E-state index in [1.54, 1.807) is 18.0 Å². The van der Waals surface area contributed by atoms with Crippen LogP contribution in [0, 0.1) is 0 Å². The third-order valence-electron chi connectivity index (χ3n) is 7.17. The number of methoxy groups -OCH3 is 1. The number of hydrogen-bond acceptors (Lipinski definition) is 5. The van der Waals surface area contributed by atoms with Gasteiger partial charge in [0.2, 0.25) is 0 Å². The summed E-state index contributed by atoms with van der Waals surface area (Å²) in [5, 5.41) is 0. The van der Waals surface area contributed by atoms with Crippen LogP contribution in [0.4, 0.5) is 5.69 Å². The molecule has 0 N–H and O–H groups in total. The van der Waals surface area contributed by atoms with Gasteiger partial charge in [-0.3, -0.25) is 9.10 Å². The van der Waals surface area contributed by atoms with E-state index >= 15 is 0 Å². The second-order valence-electron chi connectivity index (χ2n) is 9.32. The van der Waals surface area contributed by atoms with Gasteiger partial charge in [0, 0.05) is 32.7 Å². The first-order valence-corrected chi connectivity index (χ1v) is 13.5. The number of rotatable bonds is 8. The van der Waals surface area contributed by atoms with Crippen LogP contribution >= 0.6 is 0 Å². The van der Waals surface area contributed by atoms with Crippen molar-refractivity contribution in [2.24, 2.45) is 0 Å². The normalized spacial score (nSPS) is 16.5. The van der Waals surface area contributed by atoms with Gasteiger partial charge in [-0.1, -0.05) is 37.5 Å². The molecule has 34 heavy (non-hydrogen) atoms. The maximum absolute atomic E-state index is 13.5. The van der Waals surface area contributed by atoms with Crippen molar-refractivity contribution in [3.8, 4) is 5.75 Å². The number of anilines is 1. The van der Waals surface area contributed by atoms with Crippen molar-refractivity contribution in [1.82, 2.24) is 9.80 Å². The molecule has 8 heteroatoms. The maximum atomic E-state index is 13.5. The average molecular weight is 486 g/mol. The molecular weight excluding hydrogens is 450 g/mol. The van der Waals surface area contributed by atoms with Gasteiger partial charge < -0.3 is 14.5 Å². The van der Waals surface area contributed by atoms with Gasteiger partial charge in [0.15, 0.2) is 0 Å². The van der Waals surface area contributed by atoms with E-state index in [1.165, 1.54) is 55.7 Å². The van der Waals surface area contributed by atoms with Crippen LogP contribution in [0.25, 0.3) is 0 Å². The van der Waals surface area contributed by atoms with Crippen LogP contribution in [-0.2, 0) is 16.4 Å². The SMILES string of the molecule is COc1ccc(S(=O)(=O)N2CCc3ccccc32)cc1C(=O)N(C)CCN(C)C1CCCCC1. The molecule has 1 aliphatic heterocycles. The number of carbonyl (C=O) groups excluding carboxylic acids is 1. The van der Waals surface area contributed by atoms with Crippen molar-refractivity contribution in [2.45, 2.75) is 49.5 Å². The van der Waals surface area contributed by atoms with Crippen LogP contribution in [0.1, 0.15) is 48.0 Å². The molecule has 2 aliphatic rings. The summed E-state index contributed by atoms with van der Waals surface area (Å²) < 4.78 is 33.8. The second-order valence-corrected chi connectivity index (χ2v) is 11.2. The molecular formula is C26H35N3O4S. The number of benzene rings is 2. The highest BCUT2D eigenvalue weighted by atomic mass is 32.2. The number of nitrogens with zero attached hydrogens (tertiary/aromatic N) is 3. The van der Waals surface area contributed by atoms with E-state index in [0.29, 0.717) is 37.0 Å². The zero-order valence-corrected chi connectivity index (χ0v) is 21.2. The Morgan fingerprint density at radius 1 is 1.06 bits per heavy atom. The molecule has 1 fully saturated rings. The van der Waals surface area contributed by atoms with Crippen molar-refractivity contribution < 1.29 is 17.9 Å². The third-order valence-corrected chi connectivity index (χ3v) is 8.98. The fourth-order valence-corrected chi connectivity index (χ4v) is 6.55. The minimum Gasteiger partial charge on any atom is -0.496 e. The van der Waals surface area contributed by atoms with Gasteiger partial charge in [0.1, 0.15) is 5.75 Å². The van der Waals surface area contributed by atoms with Crippen LogP contribution < -0.4 is 9.04 Å². The lowest BCUT2D eigenvalue weighted by Crippen LogP contribution is -2.40. The first-order chi connectivity index (χ1) is 16.3. The molecule has 0 unspecified atom stereocenters. The Hall–Kier alpha value is -2.58. The number of amides is 1. The molecule has 0 bridgehead atoms. The quantitative estimate of drug-likeness (QED) is 0.569. The lowest BCUT2D eigenvalue weighted by molar-refractivity contribution is 0.0764. The lowest BCUT2D eigenvalue weighted by atomic mass is 9.94. The number of likely N-dealkylation sites (N-methyl/N-ethyl adjacent to an activating group) is 2. The number of ether oxygens (including phenoxy) is 1. The fraction of sp³-hybridized carbons (Fsp3) is 0.500. The molecule has 1 amide bonds. The molecule has 0 atom stereocenters. The Bertz CT molecular complexity index is 1130. The first-order valence-electron chi connectivity index (χ1n) is 12.1. The van der Waals surface area contributed by atoms with Gasteiger partial charge in [-0.15, -0.1) is 0 Å². The Morgan fingerprint density at radius 2 is 1.79 bits per heavy atom. The van der Waals surface area contributed by atoms with Gasteiger partial charge in [0.25, 0.3) is 15.9 Å². The smallest absolute Gasteiger partial charge is 0.264 e. The molecule has 2 aromatic carbocycles. The summed E-state index contributed by atoms with van der Waals surface area (Å²) in [4.78, 5) is 17.4. The summed E-state index contributed by atoms with van der Waals surface area (Å²) in [6.07, 6.45) is 6.94. The molecule has 0 saturated heterocycles.